The average Bonchev–Trinajstić information content (AvgIpc) is 3.53. The van der Waals surface area contributed by atoms with Gasteiger partial charge in [-0.3, -0.25) is 9.78 Å². The number of aryl methyl sites for hydroxylation is 1. The lowest BCUT2D eigenvalue weighted by molar-refractivity contribution is 0.0930. The Morgan fingerprint density at radius 1 is 1.32 bits per heavy atom. The van der Waals surface area contributed by atoms with Gasteiger partial charge in [-0.2, -0.15) is 0 Å². The fraction of sp³-hybridized carbons (Fsp3) is 0.308. The summed E-state index contributed by atoms with van der Waals surface area (Å²) in [6.07, 6.45) is 6.58. The fourth-order valence-corrected chi connectivity index (χ4v) is 4.21. The lowest BCUT2D eigenvalue weighted by atomic mass is 9.95. The smallest absolute Gasteiger partial charge is 0.252 e. The van der Waals surface area contributed by atoms with E-state index in [-0.39, 0.29) is 11.4 Å². The summed E-state index contributed by atoms with van der Waals surface area (Å²) in [4.78, 5) is 17.8. The topological polar surface area (TPSA) is 63.2 Å². The summed E-state index contributed by atoms with van der Waals surface area (Å²) < 4.78 is 5.91. The number of nitrogens with one attached hydrogen (secondary N) is 2. The molecule has 1 amide bonds. The maximum Gasteiger partial charge on any atom is 0.252 e. The van der Waals surface area contributed by atoms with Crippen LogP contribution in [0.15, 0.2) is 55.2 Å². The van der Waals surface area contributed by atoms with Crippen molar-refractivity contribution >= 4 is 22.9 Å². The third-order valence-electron chi connectivity index (χ3n) is 6.43. The minimum absolute atomic E-state index is 0.0664. The molecule has 31 heavy (non-hydrogen) atoms. The number of hydrogen-bond donors (Lipinski definition) is 2. The Hall–Kier alpha value is -3.18. The number of hydrogen-bond acceptors (Lipinski definition) is 4. The Labute approximate surface area is 182 Å². The van der Waals surface area contributed by atoms with Crippen molar-refractivity contribution in [3.05, 3.63) is 77.5 Å². The molecule has 0 bridgehead atoms. The number of carbonyl (C=O) groups excluding carboxylic acids is 1. The zero-order chi connectivity index (χ0) is 21.4. The molecule has 5 rings (SSSR count). The van der Waals surface area contributed by atoms with Crippen LogP contribution in [0.2, 0.25) is 0 Å². The maximum absolute atomic E-state index is 13.3. The number of nitrogens with zero attached hydrogens (tertiary/aromatic N) is 1. The molecule has 2 fully saturated rings. The van der Waals surface area contributed by atoms with Crippen LogP contribution in [0.5, 0.6) is 5.75 Å². The molecular formula is C26H27N3O2. The SMILES string of the molecule is C=Cc1cc(C2(NC(=O)c3cc(OC[C@@H]4CCN4)ccc3C)CC2)c2cccnc2c1. The second kappa shape index (κ2) is 7.82. The Balaban J connectivity index is 1.42. The van der Waals surface area contributed by atoms with Crippen molar-refractivity contribution in [1.29, 1.82) is 0 Å². The van der Waals surface area contributed by atoms with Crippen molar-refractivity contribution in [2.75, 3.05) is 13.2 Å². The molecule has 1 aliphatic heterocycles. The molecule has 1 atom stereocenters. The summed E-state index contributed by atoms with van der Waals surface area (Å²) in [5, 5.41) is 7.74. The van der Waals surface area contributed by atoms with Crippen LogP contribution < -0.4 is 15.4 Å². The number of amides is 1. The highest BCUT2D eigenvalue weighted by Gasteiger charge is 2.47. The molecule has 2 N–H and O–H groups in total. The summed E-state index contributed by atoms with van der Waals surface area (Å²) >= 11 is 0. The van der Waals surface area contributed by atoms with E-state index in [1.807, 2.05) is 43.3 Å². The summed E-state index contributed by atoms with van der Waals surface area (Å²) in [5.41, 5.74) is 4.28. The van der Waals surface area contributed by atoms with Crippen LogP contribution in [0.25, 0.3) is 17.0 Å². The fourth-order valence-electron chi connectivity index (χ4n) is 4.21. The quantitative estimate of drug-likeness (QED) is 0.605. The van der Waals surface area contributed by atoms with E-state index in [2.05, 4.69) is 34.3 Å². The predicted molar refractivity (Wildman–Crippen MR) is 123 cm³/mol. The number of ether oxygens (including phenoxy) is 1. The Bertz CT molecular complexity index is 1160. The molecule has 0 spiro atoms. The van der Waals surface area contributed by atoms with Gasteiger partial charge in [0.1, 0.15) is 12.4 Å². The second-order valence-corrected chi connectivity index (χ2v) is 8.61. The van der Waals surface area contributed by atoms with E-state index < -0.39 is 0 Å². The van der Waals surface area contributed by atoms with E-state index in [1.165, 1.54) is 0 Å². The standard InChI is InChI=1S/C26H27N3O2/c1-3-18-13-23(21-5-4-11-28-24(21)14-18)26(9-10-26)29-25(30)22-15-20(7-6-17(22)2)31-16-19-8-12-27-19/h3-7,11,13-15,19,27H,1,8-10,12,16H2,2H3,(H,29,30)/t19-/m0/s1. The van der Waals surface area contributed by atoms with Crippen LogP contribution in [0.3, 0.4) is 0 Å². The monoisotopic (exact) mass is 413 g/mol. The van der Waals surface area contributed by atoms with E-state index in [4.69, 9.17) is 4.74 Å². The van der Waals surface area contributed by atoms with Gasteiger partial charge in [-0.25, -0.2) is 0 Å². The van der Waals surface area contributed by atoms with Gasteiger partial charge in [0.15, 0.2) is 0 Å². The third kappa shape index (κ3) is 3.81. The Morgan fingerprint density at radius 2 is 2.16 bits per heavy atom. The van der Waals surface area contributed by atoms with Crippen LogP contribution in [-0.2, 0) is 5.54 Å². The Kier molecular flexibility index (Phi) is 4.98. The number of aromatic nitrogens is 1. The van der Waals surface area contributed by atoms with E-state index in [9.17, 15) is 4.79 Å². The summed E-state index contributed by atoms with van der Waals surface area (Å²) in [7, 11) is 0. The summed E-state index contributed by atoms with van der Waals surface area (Å²) in [6.45, 7) is 7.56. The molecule has 1 saturated carbocycles. The molecule has 3 aromatic rings. The highest BCUT2D eigenvalue weighted by molar-refractivity contribution is 5.97. The van der Waals surface area contributed by atoms with E-state index in [1.54, 1.807) is 6.20 Å². The van der Waals surface area contributed by atoms with Gasteiger partial charge < -0.3 is 15.4 Å². The van der Waals surface area contributed by atoms with Gasteiger partial charge >= 0.3 is 0 Å². The van der Waals surface area contributed by atoms with Crippen molar-refractivity contribution in [3.8, 4) is 5.75 Å². The Morgan fingerprint density at radius 3 is 2.87 bits per heavy atom. The van der Waals surface area contributed by atoms with E-state index in [0.717, 1.165) is 59.2 Å². The number of fused-ring (bicyclic) bond motifs is 1. The normalized spacial score (nSPS) is 18.8. The van der Waals surface area contributed by atoms with Crippen molar-refractivity contribution in [1.82, 2.24) is 15.6 Å². The number of carbonyl (C=O) groups is 1. The van der Waals surface area contributed by atoms with Gasteiger partial charge in [0.25, 0.3) is 5.91 Å². The third-order valence-corrected chi connectivity index (χ3v) is 6.43. The molecule has 1 saturated heterocycles. The highest BCUT2D eigenvalue weighted by Crippen LogP contribution is 2.48. The molecule has 2 aliphatic rings. The molecule has 0 unspecified atom stereocenters. The van der Waals surface area contributed by atoms with Crippen LogP contribution in [0.4, 0.5) is 0 Å². The van der Waals surface area contributed by atoms with E-state index >= 15 is 0 Å². The van der Waals surface area contributed by atoms with Crippen molar-refractivity contribution in [2.24, 2.45) is 0 Å². The molecule has 1 aliphatic carbocycles. The molecule has 2 heterocycles. The van der Waals surface area contributed by atoms with Gasteiger partial charge in [-0.1, -0.05) is 24.8 Å². The zero-order valence-corrected chi connectivity index (χ0v) is 17.8. The van der Waals surface area contributed by atoms with Gasteiger partial charge in [0.05, 0.1) is 11.1 Å². The molecule has 5 nitrogen and oxygen atoms in total. The van der Waals surface area contributed by atoms with Crippen molar-refractivity contribution in [3.63, 3.8) is 0 Å². The molecule has 2 aromatic carbocycles. The van der Waals surface area contributed by atoms with Crippen LogP contribution in [0, 0.1) is 6.92 Å². The lowest BCUT2D eigenvalue weighted by Crippen LogP contribution is -2.46. The largest absolute Gasteiger partial charge is 0.492 e. The van der Waals surface area contributed by atoms with E-state index in [0.29, 0.717) is 18.2 Å². The van der Waals surface area contributed by atoms with Crippen LogP contribution in [-0.4, -0.2) is 30.1 Å². The first kappa shape index (κ1) is 19.8. The van der Waals surface area contributed by atoms with Crippen molar-refractivity contribution in [2.45, 2.75) is 37.8 Å². The molecular weight excluding hydrogens is 386 g/mol. The molecule has 158 valence electrons. The minimum Gasteiger partial charge on any atom is -0.492 e. The number of benzene rings is 2. The van der Waals surface area contributed by atoms with Gasteiger partial charge in [-0.05, 0) is 79.8 Å². The average molecular weight is 414 g/mol. The van der Waals surface area contributed by atoms with Gasteiger partial charge in [-0.15, -0.1) is 0 Å². The van der Waals surface area contributed by atoms with Gasteiger partial charge in [0.2, 0.25) is 0 Å². The maximum atomic E-state index is 13.3. The first-order valence-electron chi connectivity index (χ1n) is 10.9. The zero-order valence-electron chi connectivity index (χ0n) is 17.8. The molecule has 5 heteroatoms. The second-order valence-electron chi connectivity index (χ2n) is 8.61. The first-order chi connectivity index (χ1) is 15.1. The lowest BCUT2D eigenvalue weighted by Gasteiger charge is -2.27. The number of rotatable bonds is 7. The molecule has 1 aromatic heterocycles. The first-order valence-corrected chi connectivity index (χ1v) is 10.9. The van der Waals surface area contributed by atoms with Crippen LogP contribution >= 0.6 is 0 Å². The number of pyridine rings is 1. The highest BCUT2D eigenvalue weighted by atomic mass is 16.5. The minimum atomic E-state index is -0.365. The molecule has 0 radical (unpaired) electrons. The van der Waals surface area contributed by atoms with Crippen LogP contribution in [0.1, 0.15) is 46.3 Å². The van der Waals surface area contributed by atoms with Gasteiger partial charge in [0, 0.05) is 23.2 Å². The van der Waals surface area contributed by atoms with Crippen molar-refractivity contribution < 1.29 is 9.53 Å². The summed E-state index contributed by atoms with van der Waals surface area (Å²) in [5.74, 6) is 0.667. The summed E-state index contributed by atoms with van der Waals surface area (Å²) in [6, 6.07) is 14.3. The predicted octanol–water partition coefficient (Wildman–Crippen LogP) is 4.35.